The van der Waals surface area contributed by atoms with Crippen molar-refractivity contribution in [3.05, 3.63) is 70.2 Å². The Hall–Kier alpha value is -2.27. The fraction of sp³-hybridized carbons (Fsp3) is 0.333. The number of nitrogens with zero attached hydrogens (tertiary/aromatic N) is 1. The third-order valence-corrected chi connectivity index (χ3v) is 5.35. The van der Waals surface area contributed by atoms with Crippen LogP contribution in [0.1, 0.15) is 35.2 Å². The van der Waals surface area contributed by atoms with Crippen molar-refractivity contribution in [1.29, 1.82) is 0 Å². The van der Waals surface area contributed by atoms with Gasteiger partial charge >= 0.3 is 0 Å². The molecule has 142 valence electrons. The highest BCUT2D eigenvalue weighted by atomic mass is 35.5. The van der Waals surface area contributed by atoms with Crippen LogP contribution in [0.25, 0.3) is 0 Å². The lowest BCUT2D eigenvalue weighted by Gasteiger charge is -2.31. The molecule has 0 spiro atoms. The van der Waals surface area contributed by atoms with E-state index in [1.165, 1.54) is 0 Å². The van der Waals surface area contributed by atoms with Gasteiger partial charge in [-0.15, -0.1) is 0 Å². The molecule has 0 radical (unpaired) electrons. The molecule has 1 saturated heterocycles. The van der Waals surface area contributed by atoms with Crippen molar-refractivity contribution in [2.45, 2.75) is 25.7 Å². The largest absolute Gasteiger partial charge is 0.343 e. The fourth-order valence-corrected chi connectivity index (χ4v) is 3.63. The molecule has 3 rings (SSSR count). The van der Waals surface area contributed by atoms with Gasteiger partial charge in [-0.25, -0.2) is 8.78 Å². The number of benzene rings is 2. The van der Waals surface area contributed by atoms with E-state index in [0.717, 1.165) is 23.8 Å². The zero-order valence-electron chi connectivity index (χ0n) is 14.8. The van der Waals surface area contributed by atoms with E-state index in [4.69, 9.17) is 11.6 Å². The highest BCUT2D eigenvalue weighted by molar-refractivity contribution is 6.31. The van der Waals surface area contributed by atoms with Crippen molar-refractivity contribution >= 4 is 23.3 Å². The Bertz CT molecular complexity index is 848. The van der Waals surface area contributed by atoms with Crippen LogP contribution in [0.3, 0.4) is 0 Å². The number of aryl methyl sites for hydroxylation is 1. The number of ketones is 1. The van der Waals surface area contributed by atoms with Gasteiger partial charge in [0.1, 0.15) is 11.6 Å². The maximum Gasteiger partial charge on any atom is 0.222 e. The van der Waals surface area contributed by atoms with E-state index in [9.17, 15) is 18.4 Å². The normalized spacial score (nSPS) is 15.0. The van der Waals surface area contributed by atoms with Crippen LogP contribution in [0.15, 0.2) is 42.5 Å². The molecule has 0 saturated carbocycles. The van der Waals surface area contributed by atoms with E-state index < -0.39 is 23.3 Å². The van der Waals surface area contributed by atoms with Crippen molar-refractivity contribution in [3.63, 3.8) is 0 Å². The topological polar surface area (TPSA) is 37.4 Å². The highest BCUT2D eigenvalue weighted by Gasteiger charge is 2.29. The Kier molecular flexibility index (Phi) is 6.22. The van der Waals surface area contributed by atoms with Gasteiger partial charge in [0.25, 0.3) is 0 Å². The Morgan fingerprint density at radius 1 is 1.07 bits per heavy atom. The number of amides is 1. The molecule has 1 fully saturated rings. The van der Waals surface area contributed by atoms with Crippen LogP contribution in [-0.2, 0) is 11.2 Å². The van der Waals surface area contributed by atoms with Crippen LogP contribution in [0.4, 0.5) is 8.78 Å². The molecule has 0 atom stereocenters. The third kappa shape index (κ3) is 4.72. The molecule has 0 aliphatic carbocycles. The minimum absolute atomic E-state index is 0.0118. The van der Waals surface area contributed by atoms with Gasteiger partial charge in [0.05, 0.1) is 5.56 Å². The van der Waals surface area contributed by atoms with Crippen LogP contribution in [-0.4, -0.2) is 29.7 Å². The van der Waals surface area contributed by atoms with Crippen LogP contribution in [0, 0.1) is 17.6 Å². The summed E-state index contributed by atoms with van der Waals surface area (Å²) >= 11 is 6.11. The second-order valence-corrected chi connectivity index (χ2v) is 7.14. The molecule has 3 nitrogen and oxygen atoms in total. The first-order valence-electron chi connectivity index (χ1n) is 8.96. The molecule has 6 heteroatoms. The van der Waals surface area contributed by atoms with Crippen molar-refractivity contribution in [2.75, 3.05) is 13.1 Å². The van der Waals surface area contributed by atoms with Crippen molar-refractivity contribution in [3.8, 4) is 0 Å². The number of rotatable bonds is 5. The molecule has 2 aromatic carbocycles. The molecule has 1 aliphatic heterocycles. The first kappa shape index (κ1) is 19.5. The fourth-order valence-electron chi connectivity index (χ4n) is 3.40. The third-order valence-electron chi connectivity index (χ3n) is 4.98. The molecule has 0 bridgehead atoms. The van der Waals surface area contributed by atoms with E-state index in [2.05, 4.69) is 0 Å². The van der Waals surface area contributed by atoms with Crippen molar-refractivity contribution in [1.82, 2.24) is 4.90 Å². The summed E-state index contributed by atoms with van der Waals surface area (Å²) in [6, 6.07) is 10.3. The van der Waals surface area contributed by atoms with E-state index in [-0.39, 0.29) is 11.5 Å². The predicted molar refractivity (Wildman–Crippen MR) is 99.8 cm³/mol. The molecule has 1 aliphatic rings. The number of hydrogen-bond donors (Lipinski definition) is 0. The quantitative estimate of drug-likeness (QED) is 0.694. The van der Waals surface area contributed by atoms with Gasteiger partial charge in [0.2, 0.25) is 5.91 Å². The standard InChI is InChI=1S/C21H20ClF2NO2/c22-18-4-2-1-3-14(18)5-8-20(26)25-11-9-15(10-12-25)21(27)17-13-16(23)6-7-19(17)24/h1-4,6-7,13,15H,5,8-12H2. The molecular weight excluding hydrogens is 372 g/mol. The van der Waals surface area contributed by atoms with Gasteiger partial charge in [0.15, 0.2) is 5.78 Å². The number of hydrogen-bond acceptors (Lipinski definition) is 2. The van der Waals surface area contributed by atoms with Crippen LogP contribution in [0.2, 0.25) is 5.02 Å². The summed E-state index contributed by atoms with van der Waals surface area (Å²) in [6.45, 7) is 0.878. The number of carbonyl (C=O) groups excluding carboxylic acids is 2. The van der Waals surface area contributed by atoms with Crippen molar-refractivity contribution in [2.24, 2.45) is 5.92 Å². The van der Waals surface area contributed by atoms with Gasteiger partial charge in [-0.3, -0.25) is 9.59 Å². The summed E-state index contributed by atoms with van der Waals surface area (Å²) in [6.07, 6.45) is 1.81. The minimum atomic E-state index is -0.709. The van der Waals surface area contributed by atoms with Crippen LogP contribution in [0.5, 0.6) is 0 Å². The highest BCUT2D eigenvalue weighted by Crippen LogP contribution is 2.24. The maximum absolute atomic E-state index is 13.8. The smallest absolute Gasteiger partial charge is 0.222 e. The lowest BCUT2D eigenvalue weighted by Crippen LogP contribution is -2.40. The molecule has 0 N–H and O–H groups in total. The molecule has 27 heavy (non-hydrogen) atoms. The second-order valence-electron chi connectivity index (χ2n) is 6.73. The SMILES string of the molecule is O=C(c1cc(F)ccc1F)C1CCN(C(=O)CCc2ccccc2Cl)CC1. The molecule has 1 amide bonds. The Labute approximate surface area is 161 Å². The van der Waals surface area contributed by atoms with Crippen molar-refractivity contribution < 1.29 is 18.4 Å². The average Bonchev–Trinajstić information content (AvgIpc) is 2.68. The van der Waals surface area contributed by atoms with Crippen LogP contribution >= 0.6 is 11.6 Å². The maximum atomic E-state index is 13.8. The number of halogens is 3. The van der Waals surface area contributed by atoms with Gasteiger partial charge in [-0.2, -0.15) is 0 Å². The molecule has 0 aromatic heterocycles. The summed E-state index contributed by atoms with van der Waals surface area (Å²) in [5.41, 5.74) is 0.720. The van der Waals surface area contributed by atoms with Gasteiger partial charge in [-0.1, -0.05) is 29.8 Å². The van der Waals surface area contributed by atoms with E-state index in [0.29, 0.717) is 43.8 Å². The first-order valence-corrected chi connectivity index (χ1v) is 9.34. The number of likely N-dealkylation sites (tertiary alicyclic amines) is 1. The first-order chi connectivity index (χ1) is 13.0. The zero-order valence-corrected chi connectivity index (χ0v) is 15.5. The van der Waals surface area contributed by atoms with E-state index in [1.54, 1.807) is 11.0 Å². The molecule has 1 heterocycles. The molecule has 2 aromatic rings. The lowest BCUT2D eigenvalue weighted by molar-refractivity contribution is -0.132. The predicted octanol–water partition coefficient (Wildman–Crippen LogP) is 4.67. The van der Waals surface area contributed by atoms with Crippen LogP contribution < -0.4 is 0 Å². The molecular formula is C21H20ClF2NO2. The Morgan fingerprint density at radius 2 is 1.78 bits per heavy atom. The van der Waals surface area contributed by atoms with Gasteiger partial charge in [-0.05, 0) is 49.1 Å². The van der Waals surface area contributed by atoms with Gasteiger partial charge in [0, 0.05) is 30.5 Å². The van der Waals surface area contributed by atoms with E-state index in [1.807, 2.05) is 18.2 Å². The Balaban J connectivity index is 1.54. The summed E-state index contributed by atoms with van der Waals surface area (Å²) in [4.78, 5) is 26.6. The summed E-state index contributed by atoms with van der Waals surface area (Å²) in [5.74, 6) is -2.12. The number of carbonyl (C=O) groups is 2. The average molecular weight is 392 g/mol. The zero-order chi connectivity index (χ0) is 19.4. The Morgan fingerprint density at radius 3 is 2.48 bits per heavy atom. The summed E-state index contributed by atoms with van der Waals surface area (Å²) in [7, 11) is 0. The number of piperidine rings is 1. The number of Topliss-reactive ketones (excluding diaryl/α,β-unsaturated/α-hetero) is 1. The molecule has 0 unspecified atom stereocenters. The summed E-state index contributed by atoms with van der Waals surface area (Å²) < 4.78 is 27.1. The monoisotopic (exact) mass is 391 g/mol. The summed E-state index contributed by atoms with van der Waals surface area (Å²) in [5, 5.41) is 0.645. The van der Waals surface area contributed by atoms with Gasteiger partial charge < -0.3 is 4.90 Å². The minimum Gasteiger partial charge on any atom is -0.343 e. The lowest BCUT2D eigenvalue weighted by atomic mass is 9.88. The second kappa shape index (κ2) is 8.61. The van der Waals surface area contributed by atoms with E-state index >= 15 is 0 Å².